The monoisotopic (exact) mass is 438 g/mol. The van der Waals surface area contributed by atoms with Crippen molar-refractivity contribution in [1.29, 1.82) is 0 Å². The van der Waals surface area contributed by atoms with Gasteiger partial charge in [-0.05, 0) is 43.4 Å². The Kier molecular flexibility index (Phi) is 13.3. The van der Waals surface area contributed by atoms with Crippen LogP contribution in [-0.2, 0) is 20.7 Å². The summed E-state index contributed by atoms with van der Waals surface area (Å²) in [6.45, 7) is 8.93. The van der Waals surface area contributed by atoms with E-state index in [9.17, 15) is 14.7 Å². The maximum Gasteiger partial charge on any atom is 0.333 e. The Morgan fingerprint density at radius 2 is 1.84 bits per heavy atom. The van der Waals surface area contributed by atoms with Gasteiger partial charge in [-0.3, -0.25) is 0 Å². The lowest BCUT2D eigenvalue weighted by Crippen LogP contribution is -2.43. The third-order valence-electron chi connectivity index (χ3n) is 4.70. The van der Waals surface area contributed by atoms with Crippen molar-refractivity contribution in [3.05, 3.63) is 29.8 Å². The van der Waals surface area contributed by atoms with Crippen LogP contribution in [0.1, 0.15) is 39.2 Å². The molecule has 31 heavy (non-hydrogen) atoms. The van der Waals surface area contributed by atoms with E-state index in [-0.39, 0.29) is 6.03 Å². The minimum atomic E-state index is -0.969. The number of methoxy groups -OCH3 is 1. The summed E-state index contributed by atoms with van der Waals surface area (Å²) in [5.74, 6) is 0.300. The Hall–Kier alpha value is -2.32. The van der Waals surface area contributed by atoms with Crippen LogP contribution in [0.25, 0.3) is 0 Å². The lowest BCUT2D eigenvalue weighted by atomic mass is 10.1. The van der Waals surface area contributed by atoms with Crippen molar-refractivity contribution in [1.82, 2.24) is 10.2 Å². The highest BCUT2D eigenvalue weighted by Gasteiger charge is 2.18. The summed E-state index contributed by atoms with van der Waals surface area (Å²) in [4.78, 5) is 25.4. The van der Waals surface area contributed by atoms with Gasteiger partial charge in [-0.15, -0.1) is 0 Å². The molecule has 0 aliphatic rings. The van der Waals surface area contributed by atoms with E-state index in [1.165, 1.54) is 0 Å². The SMILES string of the molecule is CCOC(Cc1ccc(OCCN(CCCC(C)C)C(=O)NCCOC)cc1)C(=O)O. The summed E-state index contributed by atoms with van der Waals surface area (Å²) >= 11 is 0. The fraction of sp³-hybridized carbons (Fsp3) is 0.652. The first-order chi connectivity index (χ1) is 14.9. The van der Waals surface area contributed by atoms with Crippen molar-refractivity contribution in [2.75, 3.05) is 46.6 Å². The van der Waals surface area contributed by atoms with E-state index in [4.69, 9.17) is 14.2 Å². The quantitative estimate of drug-likeness (QED) is 0.385. The second kappa shape index (κ2) is 15.5. The van der Waals surface area contributed by atoms with Crippen LogP contribution in [0.3, 0.4) is 0 Å². The molecular weight excluding hydrogens is 400 g/mol. The number of hydrogen-bond donors (Lipinski definition) is 2. The Morgan fingerprint density at radius 1 is 1.13 bits per heavy atom. The van der Waals surface area contributed by atoms with Gasteiger partial charge in [0.2, 0.25) is 0 Å². The van der Waals surface area contributed by atoms with Crippen molar-refractivity contribution in [3.8, 4) is 5.75 Å². The maximum atomic E-state index is 12.4. The second-order valence-electron chi connectivity index (χ2n) is 7.73. The largest absolute Gasteiger partial charge is 0.492 e. The zero-order valence-electron chi connectivity index (χ0n) is 19.3. The molecule has 0 fully saturated rings. The van der Waals surface area contributed by atoms with E-state index >= 15 is 0 Å². The molecule has 2 amide bonds. The molecule has 1 unspecified atom stereocenters. The molecule has 0 bridgehead atoms. The molecule has 1 rings (SSSR count). The van der Waals surface area contributed by atoms with E-state index in [2.05, 4.69) is 19.2 Å². The molecule has 8 heteroatoms. The molecular formula is C23H38N2O6. The van der Waals surface area contributed by atoms with Crippen LogP contribution >= 0.6 is 0 Å². The first-order valence-corrected chi connectivity index (χ1v) is 10.9. The van der Waals surface area contributed by atoms with Gasteiger partial charge in [0, 0.05) is 33.2 Å². The predicted molar refractivity (Wildman–Crippen MR) is 120 cm³/mol. The van der Waals surface area contributed by atoms with Gasteiger partial charge in [0.05, 0.1) is 13.2 Å². The second-order valence-corrected chi connectivity index (χ2v) is 7.73. The Labute approximate surface area is 185 Å². The third kappa shape index (κ3) is 11.6. The fourth-order valence-corrected chi connectivity index (χ4v) is 3.01. The molecule has 0 radical (unpaired) electrons. The Bertz CT molecular complexity index is 635. The molecule has 1 atom stereocenters. The van der Waals surface area contributed by atoms with Crippen LogP contribution < -0.4 is 10.1 Å². The number of carboxylic acid groups (broad SMARTS) is 1. The molecule has 1 aromatic carbocycles. The van der Waals surface area contributed by atoms with Gasteiger partial charge >= 0.3 is 12.0 Å². The number of carbonyl (C=O) groups is 2. The van der Waals surface area contributed by atoms with E-state index in [0.717, 1.165) is 18.4 Å². The molecule has 0 saturated heterocycles. The lowest BCUT2D eigenvalue weighted by molar-refractivity contribution is -0.149. The van der Waals surface area contributed by atoms with Gasteiger partial charge in [0.1, 0.15) is 12.4 Å². The van der Waals surface area contributed by atoms with E-state index < -0.39 is 12.1 Å². The highest BCUT2D eigenvalue weighted by Crippen LogP contribution is 2.15. The van der Waals surface area contributed by atoms with E-state index in [1.54, 1.807) is 18.9 Å². The first kappa shape index (κ1) is 26.7. The van der Waals surface area contributed by atoms with Gasteiger partial charge in [0.15, 0.2) is 6.10 Å². The molecule has 0 saturated carbocycles. The summed E-state index contributed by atoms with van der Waals surface area (Å²) in [6, 6.07) is 7.17. The van der Waals surface area contributed by atoms with Gasteiger partial charge in [0.25, 0.3) is 0 Å². The minimum Gasteiger partial charge on any atom is -0.492 e. The van der Waals surface area contributed by atoms with Crippen LogP contribution in [0, 0.1) is 5.92 Å². The molecule has 2 N–H and O–H groups in total. The third-order valence-corrected chi connectivity index (χ3v) is 4.70. The fourth-order valence-electron chi connectivity index (χ4n) is 3.01. The molecule has 8 nitrogen and oxygen atoms in total. The number of carbonyl (C=O) groups excluding carboxylic acids is 1. The number of nitrogens with one attached hydrogen (secondary N) is 1. The standard InChI is InChI=1S/C23H38N2O6/c1-5-30-21(22(26)27)17-19-8-10-20(11-9-19)31-16-14-25(13-6-7-18(2)3)23(28)24-12-15-29-4/h8-11,18,21H,5-7,12-17H2,1-4H3,(H,24,28)(H,26,27). The van der Waals surface area contributed by atoms with Crippen molar-refractivity contribution in [2.24, 2.45) is 5.92 Å². The highest BCUT2D eigenvalue weighted by molar-refractivity contribution is 5.74. The Morgan fingerprint density at radius 3 is 2.42 bits per heavy atom. The molecule has 1 aromatic rings. The number of carboxylic acids is 1. The van der Waals surface area contributed by atoms with Crippen molar-refractivity contribution < 1.29 is 28.9 Å². The van der Waals surface area contributed by atoms with Crippen LogP contribution in [-0.4, -0.2) is 74.7 Å². The number of amides is 2. The lowest BCUT2D eigenvalue weighted by Gasteiger charge is -2.23. The van der Waals surface area contributed by atoms with Gasteiger partial charge < -0.3 is 29.5 Å². The van der Waals surface area contributed by atoms with Crippen LogP contribution in [0.4, 0.5) is 4.79 Å². The van der Waals surface area contributed by atoms with E-state index in [0.29, 0.717) is 57.5 Å². The van der Waals surface area contributed by atoms with Gasteiger partial charge in [-0.1, -0.05) is 26.0 Å². The molecule has 176 valence electrons. The molecule has 0 heterocycles. The summed E-state index contributed by atoms with van der Waals surface area (Å²) in [5.41, 5.74) is 0.862. The Balaban J connectivity index is 2.54. The average molecular weight is 439 g/mol. The summed E-state index contributed by atoms with van der Waals surface area (Å²) in [5, 5.41) is 12.1. The van der Waals surface area contributed by atoms with Crippen molar-refractivity contribution in [3.63, 3.8) is 0 Å². The molecule has 0 aliphatic heterocycles. The number of nitrogens with zero attached hydrogens (tertiary/aromatic N) is 1. The zero-order chi connectivity index (χ0) is 23.1. The van der Waals surface area contributed by atoms with Crippen LogP contribution in [0.2, 0.25) is 0 Å². The molecule has 0 spiro atoms. The average Bonchev–Trinajstić information content (AvgIpc) is 2.73. The van der Waals surface area contributed by atoms with Crippen LogP contribution in [0.5, 0.6) is 5.75 Å². The minimum absolute atomic E-state index is 0.115. The summed E-state index contributed by atoms with van der Waals surface area (Å²) in [7, 11) is 1.60. The first-order valence-electron chi connectivity index (χ1n) is 10.9. The number of benzene rings is 1. The zero-order valence-corrected chi connectivity index (χ0v) is 19.3. The van der Waals surface area contributed by atoms with Crippen molar-refractivity contribution in [2.45, 2.75) is 46.1 Å². The van der Waals surface area contributed by atoms with Crippen molar-refractivity contribution >= 4 is 12.0 Å². The number of urea groups is 1. The maximum absolute atomic E-state index is 12.4. The summed E-state index contributed by atoms with van der Waals surface area (Å²) < 4.78 is 16.0. The van der Waals surface area contributed by atoms with Gasteiger partial charge in [-0.25, -0.2) is 9.59 Å². The topological polar surface area (TPSA) is 97.3 Å². The number of hydrogen-bond acceptors (Lipinski definition) is 5. The summed E-state index contributed by atoms with van der Waals surface area (Å²) in [6.07, 6.45) is 1.44. The molecule has 0 aliphatic carbocycles. The number of ether oxygens (including phenoxy) is 3. The number of rotatable bonds is 16. The van der Waals surface area contributed by atoms with Gasteiger partial charge in [-0.2, -0.15) is 0 Å². The molecule has 0 aromatic heterocycles. The highest BCUT2D eigenvalue weighted by atomic mass is 16.5. The number of aliphatic carboxylic acids is 1. The van der Waals surface area contributed by atoms with Crippen LogP contribution in [0.15, 0.2) is 24.3 Å². The normalized spacial score (nSPS) is 11.9. The smallest absolute Gasteiger partial charge is 0.333 e. The predicted octanol–water partition coefficient (Wildman–Crippen LogP) is 3.19. The van der Waals surface area contributed by atoms with E-state index in [1.807, 2.05) is 24.3 Å².